The molecule has 4 aromatic rings. The van der Waals surface area contributed by atoms with Crippen LogP contribution in [0.5, 0.6) is 5.88 Å². The van der Waals surface area contributed by atoms with Crippen molar-refractivity contribution < 1.29 is 47.9 Å². The number of fused-ring (bicyclic) bond motifs is 3. The van der Waals surface area contributed by atoms with Crippen molar-refractivity contribution in [2.45, 2.75) is 51.4 Å². The fourth-order valence-electron chi connectivity index (χ4n) is 6.30. The van der Waals surface area contributed by atoms with Gasteiger partial charge in [0.1, 0.15) is 29.6 Å². The third kappa shape index (κ3) is 6.07. The number of benzene rings is 3. The number of aromatic hydroxyl groups is 1. The molecule has 5 atom stereocenters. The van der Waals surface area contributed by atoms with Crippen molar-refractivity contribution in [3.63, 3.8) is 0 Å². The van der Waals surface area contributed by atoms with E-state index >= 15 is 0 Å². The summed E-state index contributed by atoms with van der Waals surface area (Å²) in [6.45, 7) is 3.10. The summed E-state index contributed by atoms with van der Waals surface area (Å²) >= 11 is 0. The van der Waals surface area contributed by atoms with E-state index in [-0.39, 0.29) is 22.9 Å². The molecule has 0 aliphatic carbocycles. The molecule has 0 amide bonds. The molecule has 252 valence electrons. The van der Waals surface area contributed by atoms with Gasteiger partial charge < -0.3 is 24.1 Å². The van der Waals surface area contributed by atoms with Gasteiger partial charge in [-0.1, -0.05) is 48.5 Å². The van der Waals surface area contributed by atoms with Gasteiger partial charge >= 0.3 is 29.4 Å². The zero-order valence-corrected chi connectivity index (χ0v) is 26.5. The Morgan fingerprint density at radius 3 is 2.12 bits per heavy atom. The summed E-state index contributed by atoms with van der Waals surface area (Å²) in [6.07, 6.45) is -4.83. The smallest absolute Gasteiger partial charge is 0.378 e. The third-order valence-corrected chi connectivity index (χ3v) is 8.15. The maximum atomic E-state index is 14.6. The van der Waals surface area contributed by atoms with Gasteiger partial charge in [0.05, 0.1) is 4.92 Å². The molecule has 1 N–H and O–H groups in total. The number of aromatic nitrogens is 2. The standard InChI is InChI=1S/C34H30N4O11/c1-19(39)46-18-26(47-20(2)40)29-30(48-21(3)41)28-33(49-29)36(23-12-8-5-9-13-23)34-35(24-14-16-25(17-15-24)38(44)45)31(42)27(32(43)37(28)34)22-10-6-4-7-11-22/h4-17,26,28-30,33H,18H2,1-3H3/p+1/t26-,28-,29-,30-,33+/m1/s1. The lowest BCUT2D eigenvalue weighted by molar-refractivity contribution is -0.714. The van der Waals surface area contributed by atoms with Gasteiger partial charge in [0.15, 0.2) is 18.2 Å². The number of hydrogen-bond donors (Lipinski definition) is 1. The first kappa shape index (κ1) is 32.8. The van der Waals surface area contributed by atoms with E-state index in [2.05, 4.69) is 0 Å². The van der Waals surface area contributed by atoms with Crippen LogP contribution < -0.4 is 15.0 Å². The Balaban J connectivity index is 1.66. The number of esters is 3. The average molecular weight is 672 g/mol. The van der Waals surface area contributed by atoms with E-state index in [1.54, 1.807) is 65.6 Å². The highest BCUT2D eigenvalue weighted by Crippen LogP contribution is 2.47. The molecule has 0 radical (unpaired) electrons. The first-order valence-electron chi connectivity index (χ1n) is 15.2. The minimum Gasteiger partial charge on any atom is -0.483 e. The second kappa shape index (κ2) is 13.2. The van der Waals surface area contributed by atoms with Crippen LogP contribution in [-0.2, 0) is 33.3 Å². The maximum absolute atomic E-state index is 14.6. The van der Waals surface area contributed by atoms with E-state index in [0.29, 0.717) is 11.3 Å². The number of non-ortho nitro benzene ring substituents is 1. The summed E-state index contributed by atoms with van der Waals surface area (Å²) in [5, 5.41) is 23.6. The van der Waals surface area contributed by atoms with E-state index in [9.17, 15) is 34.4 Å². The normalized spacial score (nSPS) is 19.8. The molecule has 0 bridgehead atoms. The Kier molecular flexibility index (Phi) is 8.84. The van der Waals surface area contributed by atoms with Crippen molar-refractivity contribution in [1.29, 1.82) is 0 Å². The summed E-state index contributed by atoms with van der Waals surface area (Å²) in [5.41, 5.74) is 0.113. The molecule has 49 heavy (non-hydrogen) atoms. The van der Waals surface area contributed by atoms with Crippen LogP contribution in [0.25, 0.3) is 16.8 Å². The first-order chi connectivity index (χ1) is 23.5. The highest BCUT2D eigenvalue weighted by molar-refractivity contribution is 5.70. The van der Waals surface area contributed by atoms with Gasteiger partial charge in [-0.3, -0.25) is 24.5 Å². The summed E-state index contributed by atoms with van der Waals surface area (Å²) in [5.74, 6) is -2.49. The fourth-order valence-corrected chi connectivity index (χ4v) is 6.30. The largest absolute Gasteiger partial charge is 0.483 e. The fraction of sp³-hybridized carbons (Fsp3) is 0.265. The topological polar surface area (TPSA) is 181 Å². The van der Waals surface area contributed by atoms with Gasteiger partial charge in [-0.05, 0) is 29.8 Å². The number of carbonyl (C=O) groups is 3. The number of carbonyl (C=O) groups excluding carboxylic acids is 3. The Labute approximate surface area is 278 Å². The van der Waals surface area contributed by atoms with Crippen LogP contribution in [0.3, 0.4) is 0 Å². The Morgan fingerprint density at radius 2 is 1.55 bits per heavy atom. The molecule has 1 fully saturated rings. The van der Waals surface area contributed by atoms with Gasteiger partial charge in [0.25, 0.3) is 11.6 Å². The second-order valence-electron chi connectivity index (χ2n) is 11.4. The molecule has 6 rings (SSSR count). The lowest BCUT2D eigenvalue weighted by atomic mass is 10.0. The monoisotopic (exact) mass is 671 g/mol. The van der Waals surface area contributed by atoms with Gasteiger partial charge in [0.2, 0.25) is 6.23 Å². The molecule has 15 nitrogen and oxygen atoms in total. The van der Waals surface area contributed by atoms with E-state index in [1.807, 2.05) is 0 Å². The predicted molar refractivity (Wildman–Crippen MR) is 170 cm³/mol. The molecule has 0 unspecified atom stereocenters. The second-order valence-corrected chi connectivity index (χ2v) is 11.4. The van der Waals surface area contributed by atoms with Crippen molar-refractivity contribution in [2.24, 2.45) is 0 Å². The summed E-state index contributed by atoms with van der Waals surface area (Å²) in [7, 11) is 0. The highest BCUT2D eigenvalue weighted by Gasteiger charge is 2.65. The van der Waals surface area contributed by atoms with E-state index in [4.69, 9.17) is 18.9 Å². The molecule has 15 heteroatoms. The van der Waals surface area contributed by atoms with Crippen molar-refractivity contribution in [1.82, 2.24) is 4.57 Å². The zero-order valence-electron chi connectivity index (χ0n) is 26.5. The van der Waals surface area contributed by atoms with E-state index in [0.717, 1.165) is 0 Å². The Morgan fingerprint density at radius 1 is 0.918 bits per heavy atom. The Hall–Kier alpha value is -6.09. The summed E-state index contributed by atoms with van der Waals surface area (Å²) < 4.78 is 25.8. The number of rotatable bonds is 9. The maximum Gasteiger partial charge on any atom is 0.378 e. The van der Waals surface area contributed by atoms with Crippen LogP contribution in [0.1, 0.15) is 26.8 Å². The van der Waals surface area contributed by atoms with Crippen LogP contribution in [0, 0.1) is 10.1 Å². The lowest BCUT2D eigenvalue weighted by Crippen LogP contribution is -2.52. The number of para-hydroxylation sites is 1. The van der Waals surface area contributed by atoms with Crippen molar-refractivity contribution in [2.75, 3.05) is 11.5 Å². The molecule has 2 aliphatic heterocycles. The van der Waals surface area contributed by atoms with Gasteiger partial charge in [-0.2, -0.15) is 9.13 Å². The van der Waals surface area contributed by atoms with Crippen molar-refractivity contribution in [3.8, 4) is 22.7 Å². The van der Waals surface area contributed by atoms with Crippen molar-refractivity contribution in [3.05, 3.63) is 105 Å². The molecule has 3 heterocycles. The number of anilines is 2. The number of nitrogens with zero attached hydrogens (tertiary/aromatic N) is 4. The third-order valence-electron chi connectivity index (χ3n) is 8.15. The molecule has 1 saturated heterocycles. The van der Waals surface area contributed by atoms with Gasteiger partial charge in [-0.25, -0.2) is 9.69 Å². The predicted octanol–water partition coefficient (Wildman–Crippen LogP) is 3.25. The van der Waals surface area contributed by atoms with Crippen LogP contribution in [0.4, 0.5) is 17.3 Å². The minimum atomic E-state index is -1.27. The molecule has 0 saturated carbocycles. The van der Waals surface area contributed by atoms with Crippen LogP contribution in [0.2, 0.25) is 0 Å². The minimum absolute atomic E-state index is 0.0804. The van der Waals surface area contributed by atoms with Gasteiger partial charge in [-0.15, -0.1) is 0 Å². The van der Waals surface area contributed by atoms with Gasteiger partial charge in [0, 0.05) is 32.9 Å². The first-order valence-corrected chi connectivity index (χ1v) is 15.2. The molecule has 0 spiro atoms. The van der Waals surface area contributed by atoms with Crippen LogP contribution in [0.15, 0.2) is 89.7 Å². The summed E-state index contributed by atoms with van der Waals surface area (Å²) in [6, 6.07) is 21.4. The highest BCUT2D eigenvalue weighted by atomic mass is 16.6. The van der Waals surface area contributed by atoms with Crippen molar-refractivity contribution >= 4 is 35.2 Å². The quantitative estimate of drug-likeness (QED) is 0.0904. The average Bonchev–Trinajstić information content (AvgIpc) is 3.58. The molecule has 3 aromatic carbocycles. The number of nitro benzene ring substituents is 1. The number of hydrogen-bond acceptors (Lipinski definition) is 12. The summed E-state index contributed by atoms with van der Waals surface area (Å²) in [4.78, 5) is 63.8. The molecular formula is C34H31N4O11+. The molecule has 1 aromatic heterocycles. The number of ether oxygens (including phenoxy) is 4. The lowest BCUT2D eigenvalue weighted by Gasteiger charge is -2.28. The molecular weight excluding hydrogens is 640 g/mol. The van der Waals surface area contributed by atoms with E-state index < -0.39 is 71.5 Å². The number of nitro groups is 1. The van der Waals surface area contributed by atoms with Crippen LogP contribution >= 0.6 is 0 Å². The van der Waals surface area contributed by atoms with Crippen LogP contribution in [-0.4, -0.2) is 63.7 Å². The zero-order chi connectivity index (χ0) is 35.0. The molecule has 2 aliphatic rings. The van der Waals surface area contributed by atoms with E-state index in [1.165, 1.54) is 54.2 Å². The Bertz CT molecular complexity index is 1980. The SMILES string of the molecule is CC(=O)OC[C@@H](OC(C)=O)[C@H]1O[C@H]2[C@@H]([C@H]1OC(C)=O)[n+]1c(O)c(-c3ccccc3)c(=O)n(-c3ccc([N+](=O)[O-])cc3)c1N2c1ccccc1.